The van der Waals surface area contributed by atoms with E-state index in [-0.39, 0.29) is 0 Å². The highest BCUT2D eigenvalue weighted by atomic mass is 35.5. The van der Waals surface area contributed by atoms with Gasteiger partial charge in [-0.05, 0) is 78.7 Å². The predicted octanol–water partition coefficient (Wildman–Crippen LogP) is 5.11. The summed E-state index contributed by atoms with van der Waals surface area (Å²) in [4.78, 5) is 0. The minimum atomic E-state index is 0.806. The zero-order chi connectivity index (χ0) is 17.5. The van der Waals surface area contributed by atoms with Gasteiger partial charge in [-0.25, -0.2) is 0 Å². The van der Waals surface area contributed by atoms with Gasteiger partial charge in [-0.3, -0.25) is 0 Å². The molecule has 130 valence electrons. The van der Waals surface area contributed by atoms with Crippen LogP contribution in [-0.2, 0) is 25.8 Å². The summed E-state index contributed by atoms with van der Waals surface area (Å²) in [5, 5.41) is 4.33. The molecule has 0 amide bonds. The molecule has 0 unspecified atom stereocenters. The third-order valence-corrected chi connectivity index (χ3v) is 4.58. The predicted molar refractivity (Wildman–Crippen MR) is 103 cm³/mol. The molecular weight excluding hydrogens is 318 g/mol. The van der Waals surface area contributed by atoms with Crippen molar-refractivity contribution < 1.29 is 4.74 Å². The van der Waals surface area contributed by atoms with Gasteiger partial charge in [0.15, 0.2) is 0 Å². The Morgan fingerprint density at radius 1 is 0.958 bits per heavy atom. The molecular formula is C21H28ClNO. The smallest absolute Gasteiger partial charge is 0.122 e. The van der Waals surface area contributed by atoms with E-state index in [1.54, 1.807) is 7.11 Å². The average molecular weight is 346 g/mol. The van der Waals surface area contributed by atoms with Gasteiger partial charge in [0.25, 0.3) is 0 Å². The molecule has 0 bridgehead atoms. The van der Waals surface area contributed by atoms with Crippen LogP contribution in [0.3, 0.4) is 0 Å². The number of methoxy groups -OCH3 is 1. The molecule has 2 aromatic carbocycles. The lowest BCUT2D eigenvalue weighted by Crippen LogP contribution is -2.17. The molecule has 0 saturated heterocycles. The second kappa shape index (κ2) is 9.10. The van der Waals surface area contributed by atoms with E-state index in [0.717, 1.165) is 43.1 Å². The van der Waals surface area contributed by atoms with Gasteiger partial charge >= 0.3 is 0 Å². The number of nitrogens with one attached hydrogen (secondary N) is 1. The highest BCUT2D eigenvalue weighted by molar-refractivity contribution is 6.30. The minimum Gasteiger partial charge on any atom is -0.496 e. The van der Waals surface area contributed by atoms with Crippen LogP contribution < -0.4 is 10.1 Å². The van der Waals surface area contributed by atoms with E-state index in [1.807, 2.05) is 12.1 Å². The molecule has 0 radical (unpaired) electrons. The van der Waals surface area contributed by atoms with Crippen molar-refractivity contribution in [3.05, 3.63) is 63.2 Å². The number of aryl methyl sites for hydroxylation is 3. The molecule has 2 aromatic rings. The fraction of sp³-hybridized carbons (Fsp3) is 0.429. The third kappa shape index (κ3) is 4.99. The summed E-state index contributed by atoms with van der Waals surface area (Å²) in [5.41, 5.74) is 6.52. The van der Waals surface area contributed by atoms with E-state index in [9.17, 15) is 0 Å². The van der Waals surface area contributed by atoms with Crippen molar-refractivity contribution in [2.45, 2.75) is 46.6 Å². The number of ether oxygens (including phenoxy) is 1. The van der Waals surface area contributed by atoms with Gasteiger partial charge in [0.2, 0.25) is 0 Å². The zero-order valence-electron chi connectivity index (χ0n) is 15.2. The molecule has 2 rings (SSSR count). The number of halogens is 1. The summed E-state index contributed by atoms with van der Waals surface area (Å²) >= 11 is 6.12. The van der Waals surface area contributed by atoms with Crippen molar-refractivity contribution in [1.29, 1.82) is 0 Å². The molecule has 0 heterocycles. The van der Waals surface area contributed by atoms with Gasteiger partial charge in [0.05, 0.1) is 7.11 Å². The van der Waals surface area contributed by atoms with Crippen molar-refractivity contribution >= 4 is 11.6 Å². The van der Waals surface area contributed by atoms with Crippen molar-refractivity contribution in [1.82, 2.24) is 5.32 Å². The second-order valence-corrected chi connectivity index (χ2v) is 6.64. The van der Waals surface area contributed by atoms with Crippen LogP contribution in [0.2, 0.25) is 5.02 Å². The standard InChI is InChI=1S/C21H28ClNO/c1-5-17-12-18(6-2)21(24-4)13-19(17)7-8-23-14-16-9-15(3)10-20(22)11-16/h9-13,23H,5-8,14H2,1-4H3. The number of rotatable bonds is 8. The third-order valence-electron chi connectivity index (χ3n) is 4.37. The maximum atomic E-state index is 6.12. The lowest BCUT2D eigenvalue weighted by molar-refractivity contribution is 0.409. The summed E-state index contributed by atoms with van der Waals surface area (Å²) in [6.07, 6.45) is 3.06. The highest BCUT2D eigenvalue weighted by Gasteiger charge is 2.08. The van der Waals surface area contributed by atoms with E-state index in [0.29, 0.717) is 0 Å². The van der Waals surface area contributed by atoms with Gasteiger partial charge in [0, 0.05) is 11.6 Å². The molecule has 0 saturated carbocycles. The summed E-state index contributed by atoms with van der Waals surface area (Å²) in [5.74, 6) is 1.01. The molecule has 0 aliphatic rings. The van der Waals surface area contributed by atoms with Crippen LogP contribution in [0.15, 0.2) is 30.3 Å². The fourth-order valence-electron chi connectivity index (χ4n) is 3.12. The number of benzene rings is 2. The fourth-order valence-corrected chi connectivity index (χ4v) is 3.43. The molecule has 0 aromatic heterocycles. The number of hydrogen-bond donors (Lipinski definition) is 1. The Morgan fingerprint density at radius 3 is 2.33 bits per heavy atom. The Labute approximate surface area is 151 Å². The highest BCUT2D eigenvalue weighted by Crippen LogP contribution is 2.25. The zero-order valence-corrected chi connectivity index (χ0v) is 16.0. The van der Waals surface area contributed by atoms with Crippen LogP contribution in [0.25, 0.3) is 0 Å². The minimum absolute atomic E-state index is 0.806. The van der Waals surface area contributed by atoms with Gasteiger partial charge in [-0.1, -0.05) is 37.6 Å². The van der Waals surface area contributed by atoms with Crippen molar-refractivity contribution in [2.75, 3.05) is 13.7 Å². The van der Waals surface area contributed by atoms with E-state index < -0.39 is 0 Å². The normalized spacial score (nSPS) is 10.9. The average Bonchev–Trinajstić information content (AvgIpc) is 2.57. The van der Waals surface area contributed by atoms with Crippen LogP contribution in [0, 0.1) is 6.92 Å². The van der Waals surface area contributed by atoms with Crippen LogP contribution in [0.4, 0.5) is 0 Å². The molecule has 0 aliphatic carbocycles. The summed E-state index contributed by atoms with van der Waals surface area (Å²) in [6, 6.07) is 10.7. The van der Waals surface area contributed by atoms with Gasteiger partial charge in [-0.15, -0.1) is 0 Å². The first kappa shape index (κ1) is 18.8. The van der Waals surface area contributed by atoms with E-state index in [4.69, 9.17) is 16.3 Å². The van der Waals surface area contributed by atoms with Crippen LogP contribution in [-0.4, -0.2) is 13.7 Å². The summed E-state index contributed by atoms with van der Waals surface area (Å²) < 4.78 is 5.54. The lowest BCUT2D eigenvalue weighted by Gasteiger charge is -2.15. The van der Waals surface area contributed by atoms with Crippen LogP contribution >= 0.6 is 11.6 Å². The second-order valence-electron chi connectivity index (χ2n) is 6.20. The van der Waals surface area contributed by atoms with Crippen molar-refractivity contribution in [3.8, 4) is 5.75 Å². The Morgan fingerprint density at radius 2 is 1.71 bits per heavy atom. The first-order valence-corrected chi connectivity index (χ1v) is 9.10. The van der Waals surface area contributed by atoms with E-state index in [1.165, 1.54) is 27.8 Å². The maximum absolute atomic E-state index is 6.12. The molecule has 24 heavy (non-hydrogen) atoms. The largest absolute Gasteiger partial charge is 0.496 e. The first-order valence-electron chi connectivity index (χ1n) is 8.72. The molecule has 0 spiro atoms. The molecule has 1 N–H and O–H groups in total. The Kier molecular flexibility index (Phi) is 7.14. The van der Waals surface area contributed by atoms with Gasteiger partial charge < -0.3 is 10.1 Å². The van der Waals surface area contributed by atoms with E-state index in [2.05, 4.69) is 44.3 Å². The Balaban J connectivity index is 1.98. The van der Waals surface area contributed by atoms with Crippen LogP contribution in [0.5, 0.6) is 5.75 Å². The number of hydrogen-bond acceptors (Lipinski definition) is 2. The van der Waals surface area contributed by atoms with Gasteiger partial charge in [0.1, 0.15) is 5.75 Å². The molecule has 0 fully saturated rings. The first-order chi connectivity index (χ1) is 11.6. The lowest BCUT2D eigenvalue weighted by atomic mass is 9.97. The Bertz CT molecular complexity index is 662. The van der Waals surface area contributed by atoms with Crippen LogP contribution in [0.1, 0.15) is 41.7 Å². The quantitative estimate of drug-likeness (QED) is 0.671. The van der Waals surface area contributed by atoms with Crippen molar-refractivity contribution in [2.24, 2.45) is 0 Å². The van der Waals surface area contributed by atoms with Crippen molar-refractivity contribution in [3.63, 3.8) is 0 Å². The molecule has 0 atom stereocenters. The maximum Gasteiger partial charge on any atom is 0.122 e. The molecule has 0 aliphatic heterocycles. The van der Waals surface area contributed by atoms with Gasteiger partial charge in [-0.2, -0.15) is 0 Å². The molecule has 2 nitrogen and oxygen atoms in total. The summed E-state index contributed by atoms with van der Waals surface area (Å²) in [7, 11) is 1.75. The SMILES string of the molecule is CCc1cc(CC)c(OC)cc1CCNCc1cc(C)cc(Cl)c1. The monoisotopic (exact) mass is 345 g/mol. The Hall–Kier alpha value is -1.51. The molecule has 3 heteroatoms. The topological polar surface area (TPSA) is 21.3 Å². The van der Waals surface area contributed by atoms with E-state index >= 15 is 0 Å². The summed E-state index contributed by atoms with van der Waals surface area (Å²) in [6.45, 7) is 8.24.